The number of fused-ring (bicyclic) bond motifs is 1. The maximum absolute atomic E-state index is 13.0. The molecule has 2 aromatic heterocycles. The van der Waals surface area contributed by atoms with Crippen molar-refractivity contribution in [2.75, 3.05) is 0 Å². The highest BCUT2D eigenvalue weighted by Crippen LogP contribution is 2.09. The molecule has 2 heterocycles. The highest BCUT2D eigenvalue weighted by Gasteiger charge is 2.22. The highest BCUT2D eigenvalue weighted by molar-refractivity contribution is 5.85. The monoisotopic (exact) mass is 442 g/mol. The molecule has 168 valence electrons. The lowest BCUT2D eigenvalue weighted by atomic mass is 10.1. The number of carbonyl (C=O) groups excluding carboxylic acids is 2. The number of imidazole rings is 1. The van der Waals surface area contributed by atoms with E-state index in [4.69, 9.17) is 4.74 Å². The summed E-state index contributed by atoms with van der Waals surface area (Å²) in [4.78, 5) is 30.0. The van der Waals surface area contributed by atoms with E-state index in [1.165, 1.54) is 0 Å². The first-order valence-corrected chi connectivity index (χ1v) is 10.8. The van der Waals surface area contributed by atoms with Crippen molar-refractivity contribution >= 4 is 17.6 Å². The van der Waals surface area contributed by atoms with E-state index in [2.05, 4.69) is 15.6 Å². The molecule has 4 aromatic rings. The Morgan fingerprint density at radius 1 is 0.939 bits per heavy atom. The second-order valence-electron chi connectivity index (χ2n) is 7.79. The van der Waals surface area contributed by atoms with Crippen molar-refractivity contribution in [3.05, 3.63) is 108 Å². The molecule has 2 amide bonds. The van der Waals surface area contributed by atoms with Crippen molar-refractivity contribution in [3.63, 3.8) is 0 Å². The van der Waals surface area contributed by atoms with Gasteiger partial charge in [0.1, 0.15) is 18.3 Å². The number of hydrogen-bond donors (Lipinski definition) is 2. The quantitative estimate of drug-likeness (QED) is 0.435. The largest absolute Gasteiger partial charge is 0.445 e. The van der Waals surface area contributed by atoms with E-state index in [1.54, 1.807) is 0 Å². The third kappa shape index (κ3) is 5.98. The molecule has 0 radical (unpaired) electrons. The third-order valence-corrected chi connectivity index (χ3v) is 5.29. The topological polar surface area (TPSA) is 84.7 Å². The Kier molecular flexibility index (Phi) is 6.99. The molecule has 0 spiro atoms. The van der Waals surface area contributed by atoms with Gasteiger partial charge in [-0.2, -0.15) is 0 Å². The van der Waals surface area contributed by atoms with E-state index in [9.17, 15) is 9.59 Å². The molecule has 7 nitrogen and oxygen atoms in total. The van der Waals surface area contributed by atoms with Crippen molar-refractivity contribution < 1.29 is 14.3 Å². The van der Waals surface area contributed by atoms with Crippen LogP contribution in [0.25, 0.3) is 5.65 Å². The number of hydrogen-bond acceptors (Lipinski definition) is 4. The summed E-state index contributed by atoms with van der Waals surface area (Å²) in [7, 11) is 0. The summed E-state index contributed by atoms with van der Waals surface area (Å²) in [5, 5.41) is 5.60. The SMILES string of the molecule is Cc1cccc2nc(CNC(=O)[C@H](Cc3ccccc3)NC(=O)OCc3ccccc3)cn12. The first-order chi connectivity index (χ1) is 16.1. The zero-order valence-electron chi connectivity index (χ0n) is 18.4. The van der Waals surface area contributed by atoms with Crippen LogP contribution in [0.1, 0.15) is 22.5 Å². The number of rotatable bonds is 8. The first-order valence-electron chi connectivity index (χ1n) is 10.8. The molecule has 33 heavy (non-hydrogen) atoms. The molecule has 2 N–H and O–H groups in total. The molecule has 7 heteroatoms. The van der Waals surface area contributed by atoms with E-state index < -0.39 is 12.1 Å². The van der Waals surface area contributed by atoms with Crippen LogP contribution >= 0.6 is 0 Å². The highest BCUT2D eigenvalue weighted by atomic mass is 16.5. The van der Waals surface area contributed by atoms with Gasteiger partial charge >= 0.3 is 6.09 Å². The Balaban J connectivity index is 1.40. The summed E-state index contributed by atoms with van der Waals surface area (Å²) >= 11 is 0. The predicted molar refractivity (Wildman–Crippen MR) is 125 cm³/mol. The third-order valence-electron chi connectivity index (χ3n) is 5.29. The van der Waals surface area contributed by atoms with Gasteiger partial charge in [-0.3, -0.25) is 4.79 Å². The van der Waals surface area contributed by atoms with Gasteiger partial charge in [0.25, 0.3) is 0 Å². The van der Waals surface area contributed by atoms with Gasteiger partial charge in [0.2, 0.25) is 5.91 Å². The summed E-state index contributed by atoms with van der Waals surface area (Å²) in [5.74, 6) is -0.302. The standard InChI is InChI=1S/C26H26N4O3/c1-19-9-8-14-24-28-22(17-30(19)24)16-27-25(31)23(15-20-10-4-2-5-11-20)29-26(32)33-18-21-12-6-3-7-13-21/h2-14,17,23H,15-16,18H2,1H3,(H,27,31)(H,29,32)/t23-/m0/s1. The van der Waals surface area contributed by atoms with Gasteiger partial charge in [0.05, 0.1) is 12.2 Å². The number of ether oxygens (including phenoxy) is 1. The van der Waals surface area contributed by atoms with Crippen LogP contribution in [-0.4, -0.2) is 27.4 Å². The van der Waals surface area contributed by atoms with Crippen molar-refractivity contribution in [3.8, 4) is 0 Å². The lowest BCUT2D eigenvalue weighted by Gasteiger charge is -2.18. The van der Waals surface area contributed by atoms with E-state index in [0.717, 1.165) is 28.2 Å². The van der Waals surface area contributed by atoms with Gasteiger partial charge in [-0.05, 0) is 30.2 Å². The number of pyridine rings is 1. The van der Waals surface area contributed by atoms with Crippen LogP contribution in [0.5, 0.6) is 0 Å². The fourth-order valence-electron chi connectivity index (χ4n) is 3.55. The minimum atomic E-state index is -0.783. The Morgan fingerprint density at radius 3 is 2.33 bits per heavy atom. The number of aromatic nitrogens is 2. The van der Waals surface area contributed by atoms with Gasteiger partial charge < -0.3 is 19.8 Å². The van der Waals surface area contributed by atoms with Crippen LogP contribution in [0.4, 0.5) is 4.79 Å². The fourth-order valence-corrected chi connectivity index (χ4v) is 3.55. The zero-order valence-corrected chi connectivity index (χ0v) is 18.4. The van der Waals surface area contributed by atoms with E-state index >= 15 is 0 Å². The molecule has 4 rings (SSSR count). The molecular formula is C26H26N4O3. The van der Waals surface area contributed by atoms with E-state index in [0.29, 0.717) is 6.42 Å². The number of nitrogens with zero attached hydrogens (tertiary/aromatic N) is 2. The molecule has 0 saturated carbocycles. The predicted octanol–water partition coefficient (Wildman–Crippen LogP) is 3.80. The number of nitrogens with one attached hydrogen (secondary N) is 2. The van der Waals surface area contributed by atoms with Crippen molar-refractivity contribution in [2.45, 2.75) is 32.5 Å². The van der Waals surface area contributed by atoms with Gasteiger partial charge in [-0.1, -0.05) is 66.7 Å². The molecule has 0 fully saturated rings. The summed E-state index contributed by atoms with van der Waals surface area (Å²) in [5.41, 5.74) is 4.43. The molecule has 0 aliphatic heterocycles. The van der Waals surface area contributed by atoms with E-state index in [1.807, 2.05) is 96.4 Å². The van der Waals surface area contributed by atoms with Gasteiger partial charge in [0, 0.05) is 18.3 Å². The average Bonchev–Trinajstić information content (AvgIpc) is 3.27. The van der Waals surface area contributed by atoms with Gasteiger partial charge in [-0.15, -0.1) is 0 Å². The maximum atomic E-state index is 13.0. The normalized spacial score (nSPS) is 11.7. The smallest absolute Gasteiger partial charge is 0.408 e. The maximum Gasteiger partial charge on any atom is 0.408 e. The summed E-state index contributed by atoms with van der Waals surface area (Å²) < 4.78 is 7.29. The van der Waals surface area contributed by atoms with Gasteiger partial charge in [-0.25, -0.2) is 9.78 Å². The van der Waals surface area contributed by atoms with Crippen LogP contribution in [0.15, 0.2) is 85.1 Å². The Bertz CT molecular complexity index is 1220. The molecule has 2 aromatic carbocycles. The number of amides is 2. The molecule has 0 aliphatic carbocycles. The van der Waals surface area contributed by atoms with Crippen LogP contribution < -0.4 is 10.6 Å². The minimum Gasteiger partial charge on any atom is -0.445 e. The summed E-state index contributed by atoms with van der Waals surface area (Å²) in [6.45, 7) is 2.39. The second-order valence-corrected chi connectivity index (χ2v) is 7.79. The van der Waals surface area contributed by atoms with Crippen LogP contribution in [0, 0.1) is 6.92 Å². The molecule has 0 saturated heterocycles. The van der Waals surface area contributed by atoms with Gasteiger partial charge in [0.15, 0.2) is 0 Å². The molecule has 0 bridgehead atoms. The van der Waals surface area contributed by atoms with Crippen LogP contribution in [0.2, 0.25) is 0 Å². The lowest BCUT2D eigenvalue weighted by molar-refractivity contribution is -0.123. The number of carbonyl (C=O) groups is 2. The minimum absolute atomic E-state index is 0.132. The van der Waals surface area contributed by atoms with Crippen molar-refractivity contribution in [2.24, 2.45) is 0 Å². The molecule has 1 atom stereocenters. The average molecular weight is 443 g/mol. The lowest BCUT2D eigenvalue weighted by Crippen LogP contribution is -2.48. The zero-order chi connectivity index (χ0) is 23.0. The number of aryl methyl sites for hydroxylation is 1. The van der Waals surface area contributed by atoms with Crippen molar-refractivity contribution in [1.29, 1.82) is 0 Å². The molecule has 0 aliphatic rings. The Morgan fingerprint density at radius 2 is 1.64 bits per heavy atom. The fraction of sp³-hybridized carbons (Fsp3) is 0.192. The molecule has 0 unspecified atom stereocenters. The van der Waals surface area contributed by atoms with E-state index in [-0.39, 0.29) is 19.1 Å². The number of benzene rings is 2. The summed E-state index contributed by atoms with van der Waals surface area (Å²) in [6.07, 6.45) is 1.61. The second kappa shape index (κ2) is 10.5. The Labute approximate surface area is 192 Å². The van der Waals surface area contributed by atoms with Crippen molar-refractivity contribution in [1.82, 2.24) is 20.0 Å². The summed E-state index contributed by atoms with van der Waals surface area (Å²) in [6, 6.07) is 24.0. The van der Waals surface area contributed by atoms with Crippen LogP contribution in [0.3, 0.4) is 0 Å². The molecular weight excluding hydrogens is 416 g/mol. The van der Waals surface area contributed by atoms with Crippen LogP contribution in [-0.2, 0) is 29.1 Å². The Hall–Kier alpha value is -4.13. The number of alkyl carbamates (subject to hydrolysis) is 1. The first kappa shape index (κ1) is 22.1.